The second-order valence-corrected chi connectivity index (χ2v) is 18.0. The first-order valence-corrected chi connectivity index (χ1v) is 22.5. The Morgan fingerprint density at radius 2 is 1.33 bits per heavy atom. The maximum atomic E-state index is 4.93. The van der Waals surface area contributed by atoms with Crippen LogP contribution in [0.2, 0.25) is 0 Å². The molecule has 7 atom stereocenters. The quantitative estimate of drug-likeness (QED) is 0.197. The van der Waals surface area contributed by atoms with Crippen molar-refractivity contribution in [1.82, 2.24) is 0 Å². The molecule has 0 bridgehead atoms. The van der Waals surface area contributed by atoms with Crippen LogP contribution >= 0.6 is 17.0 Å². The standard InChI is InChI=1S/C40H48.2CH3.2ClH.Zr/c1-6-7-14-29-20-21-33(26-29)40(30-15-10-8-11-16-30,31-17-12-9-13-18-31)38-36-25-28(2)19-23-34(36)35-24-22-32(27-37(35)38)39(3,4)5;;;;;/h6,8-13,15-19,22-25,27,29,33-38H,1,7,14,20-21,26H2,2-5H3;2*1H3;2*1H;/q;2*-1;;;+4/p-2. The Balaban J connectivity index is 0.00000106. The molecule has 2 fully saturated rings. The fourth-order valence-electron chi connectivity index (χ4n) is 9.23. The Morgan fingerprint density at radius 1 is 0.800 bits per heavy atom. The molecule has 4 aliphatic rings. The summed E-state index contributed by atoms with van der Waals surface area (Å²) in [5.74, 6) is 4.04. The molecule has 0 nitrogen and oxygen atoms in total. The molecule has 0 spiro atoms. The predicted octanol–water partition coefficient (Wildman–Crippen LogP) is 12.8. The van der Waals surface area contributed by atoms with Crippen LogP contribution in [0.3, 0.4) is 0 Å². The van der Waals surface area contributed by atoms with Gasteiger partial charge in [-0.05, 0) is 96.1 Å². The number of hydrogen-bond acceptors (Lipinski definition) is 0. The third-order valence-electron chi connectivity index (χ3n) is 10.9. The molecule has 7 unspecified atom stereocenters. The minimum atomic E-state index is -0.826. The molecule has 2 saturated carbocycles. The third-order valence-corrected chi connectivity index (χ3v) is 10.9. The molecule has 2 aromatic carbocycles. The molecule has 0 aromatic heterocycles. The van der Waals surface area contributed by atoms with E-state index in [-0.39, 0.29) is 25.7 Å². The Bertz CT molecular complexity index is 1310. The van der Waals surface area contributed by atoms with Crippen LogP contribution in [0.5, 0.6) is 0 Å². The Kier molecular flexibility index (Phi) is 14.1. The van der Waals surface area contributed by atoms with Crippen LogP contribution in [-0.4, -0.2) is 0 Å². The van der Waals surface area contributed by atoms with E-state index < -0.39 is 20.8 Å². The molecule has 0 amide bonds. The van der Waals surface area contributed by atoms with Gasteiger partial charge in [-0.1, -0.05) is 136 Å². The van der Waals surface area contributed by atoms with Crippen molar-refractivity contribution in [2.45, 2.75) is 65.2 Å². The Labute approximate surface area is 294 Å². The average Bonchev–Trinajstić information content (AvgIpc) is 3.61. The van der Waals surface area contributed by atoms with Gasteiger partial charge in [0.25, 0.3) is 0 Å². The zero-order chi connectivity index (χ0) is 30.6. The van der Waals surface area contributed by atoms with E-state index in [0.29, 0.717) is 35.5 Å². The molecule has 45 heavy (non-hydrogen) atoms. The van der Waals surface area contributed by atoms with Crippen LogP contribution in [0.4, 0.5) is 0 Å². The fourth-order valence-corrected chi connectivity index (χ4v) is 9.23. The van der Waals surface area contributed by atoms with E-state index in [9.17, 15) is 0 Å². The summed E-state index contributed by atoms with van der Waals surface area (Å²) in [4.78, 5) is 0. The number of rotatable bonds is 7. The molecule has 3 heteroatoms. The van der Waals surface area contributed by atoms with Crippen LogP contribution in [0.15, 0.2) is 121 Å². The van der Waals surface area contributed by atoms with Crippen molar-refractivity contribution in [1.29, 1.82) is 0 Å². The van der Waals surface area contributed by atoms with Crippen molar-refractivity contribution >= 4 is 17.0 Å². The van der Waals surface area contributed by atoms with E-state index in [0.717, 1.165) is 12.3 Å². The molecule has 0 N–H and O–H groups in total. The topological polar surface area (TPSA) is 0 Å². The van der Waals surface area contributed by atoms with Gasteiger partial charge in [-0.15, -0.1) is 6.58 Å². The van der Waals surface area contributed by atoms with E-state index in [1.165, 1.54) is 48.0 Å². The van der Waals surface area contributed by atoms with Gasteiger partial charge in [0.15, 0.2) is 0 Å². The van der Waals surface area contributed by atoms with Crippen molar-refractivity contribution in [3.8, 4) is 0 Å². The van der Waals surface area contributed by atoms with Crippen LogP contribution in [0.25, 0.3) is 0 Å². The SMILES string of the molecule is C=CCCC1CCC(C(c2ccccc2)(c2ccccc2)C2C3C=C(C)C=CC3C3C=CC(C(C)(C)C)=CC32)C1.[CH3-].[CH3-].[Cl][Zr+2][Cl]. The molecule has 0 heterocycles. The number of hydrogen-bond donors (Lipinski definition) is 0. The van der Waals surface area contributed by atoms with Crippen LogP contribution in [0.1, 0.15) is 70.9 Å². The van der Waals surface area contributed by atoms with Gasteiger partial charge in [-0.25, -0.2) is 0 Å². The Morgan fingerprint density at radius 3 is 1.87 bits per heavy atom. The predicted molar refractivity (Wildman–Crippen MR) is 195 cm³/mol. The summed E-state index contributed by atoms with van der Waals surface area (Å²) >= 11 is -0.826. The van der Waals surface area contributed by atoms with Crippen molar-refractivity contribution < 1.29 is 20.8 Å². The molecular formula is C42H54Cl2Zr. The molecule has 6 rings (SSSR count). The van der Waals surface area contributed by atoms with Crippen molar-refractivity contribution in [2.24, 2.45) is 46.8 Å². The summed E-state index contributed by atoms with van der Waals surface area (Å²) in [5, 5.41) is 0. The zero-order valence-corrected chi connectivity index (χ0v) is 32.3. The van der Waals surface area contributed by atoms with Gasteiger partial charge in [0, 0.05) is 5.41 Å². The van der Waals surface area contributed by atoms with Crippen LogP contribution < -0.4 is 0 Å². The fraction of sp³-hybridized carbons (Fsp3) is 0.429. The Hall–Kier alpha value is -1.40. The number of allylic oxidation sites excluding steroid dienone is 9. The third kappa shape index (κ3) is 7.68. The van der Waals surface area contributed by atoms with Crippen molar-refractivity contribution in [3.63, 3.8) is 0 Å². The second-order valence-electron chi connectivity index (χ2n) is 14.3. The van der Waals surface area contributed by atoms with Gasteiger partial charge in [0.2, 0.25) is 0 Å². The zero-order valence-electron chi connectivity index (χ0n) is 28.4. The molecule has 2 aromatic rings. The summed E-state index contributed by atoms with van der Waals surface area (Å²) in [7, 11) is 9.87. The normalized spacial score (nSPS) is 28.1. The molecule has 0 radical (unpaired) electrons. The molecular weight excluding hydrogens is 667 g/mol. The molecule has 0 saturated heterocycles. The van der Waals surface area contributed by atoms with E-state index in [2.05, 4.69) is 137 Å². The van der Waals surface area contributed by atoms with Crippen LogP contribution in [-0.2, 0) is 26.3 Å². The summed E-state index contributed by atoms with van der Waals surface area (Å²) in [6.45, 7) is 13.5. The van der Waals surface area contributed by atoms with Gasteiger partial charge in [0.1, 0.15) is 0 Å². The summed E-state index contributed by atoms with van der Waals surface area (Å²) in [6.07, 6.45) is 23.9. The van der Waals surface area contributed by atoms with Gasteiger partial charge in [0.05, 0.1) is 0 Å². The van der Waals surface area contributed by atoms with Gasteiger partial charge >= 0.3 is 37.9 Å². The maximum absolute atomic E-state index is 4.93. The summed E-state index contributed by atoms with van der Waals surface area (Å²) in [6, 6.07) is 23.4. The van der Waals surface area contributed by atoms with E-state index in [4.69, 9.17) is 17.0 Å². The molecule has 0 aliphatic heterocycles. The van der Waals surface area contributed by atoms with E-state index in [1.54, 1.807) is 0 Å². The summed E-state index contributed by atoms with van der Waals surface area (Å²) < 4.78 is 0. The van der Waals surface area contributed by atoms with Crippen LogP contribution in [0, 0.1) is 61.7 Å². The van der Waals surface area contributed by atoms with Gasteiger partial charge in [-0.3, -0.25) is 0 Å². The molecule has 240 valence electrons. The monoisotopic (exact) mass is 718 g/mol. The molecule has 4 aliphatic carbocycles. The first-order valence-electron chi connectivity index (χ1n) is 16.2. The van der Waals surface area contributed by atoms with Gasteiger partial charge < -0.3 is 14.9 Å². The summed E-state index contributed by atoms with van der Waals surface area (Å²) in [5.41, 5.74) is 6.10. The first kappa shape index (κ1) is 38.1. The number of fused-ring (bicyclic) bond motifs is 3. The average molecular weight is 721 g/mol. The number of halogens is 2. The van der Waals surface area contributed by atoms with E-state index >= 15 is 0 Å². The van der Waals surface area contributed by atoms with Gasteiger partial charge in [-0.2, -0.15) is 0 Å². The minimum absolute atomic E-state index is 0. The van der Waals surface area contributed by atoms with E-state index in [1.807, 2.05) is 0 Å². The number of benzene rings is 2. The second kappa shape index (κ2) is 16.6. The first-order chi connectivity index (χ1) is 20.7. The van der Waals surface area contributed by atoms with Crippen molar-refractivity contribution in [3.05, 3.63) is 147 Å². The van der Waals surface area contributed by atoms with Crippen molar-refractivity contribution in [2.75, 3.05) is 0 Å².